The third-order valence-electron chi connectivity index (χ3n) is 13.9. The molecule has 9 rings (SSSR count). The van der Waals surface area contributed by atoms with Gasteiger partial charge in [0.15, 0.2) is 0 Å². The van der Waals surface area contributed by atoms with Crippen LogP contribution >= 0.6 is 11.6 Å². The van der Waals surface area contributed by atoms with Gasteiger partial charge in [0.1, 0.15) is 21.2 Å². The van der Waals surface area contributed by atoms with Crippen molar-refractivity contribution in [2.75, 3.05) is 64.8 Å². The van der Waals surface area contributed by atoms with Gasteiger partial charge in [-0.1, -0.05) is 24.6 Å². The lowest BCUT2D eigenvalue weighted by molar-refractivity contribution is -0.0725. The number of halogens is 1. The summed E-state index contributed by atoms with van der Waals surface area (Å²) < 4.78 is 48.9. The molecule has 10 atom stereocenters. The predicted molar refractivity (Wildman–Crippen MR) is 217 cm³/mol. The number of hydrogen-bond acceptors (Lipinski definition) is 10. The number of carbonyl (C=O) groups excluding carboxylic acids is 2. The fraction of sp³-hybridized carbons (Fsp3) is 0.595. The van der Waals surface area contributed by atoms with Crippen molar-refractivity contribution in [1.29, 1.82) is 0 Å². The number of methoxy groups -OCH3 is 2. The Balaban J connectivity index is 1.16. The summed E-state index contributed by atoms with van der Waals surface area (Å²) in [7, 11) is 3.36. The van der Waals surface area contributed by atoms with Crippen molar-refractivity contribution >= 4 is 39.0 Å². The molecule has 2 aliphatic carbocycles. The highest BCUT2D eigenvalue weighted by atomic mass is 35.5. The average Bonchev–Trinajstić information content (AvgIpc) is 3.85. The number of likely N-dealkylation sites (tertiary alicyclic amines) is 1. The van der Waals surface area contributed by atoms with Gasteiger partial charge in [-0.05, 0) is 98.4 Å². The molecule has 15 heteroatoms. The van der Waals surface area contributed by atoms with Crippen LogP contribution in [0.3, 0.4) is 0 Å². The van der Waals surface area contributed by atoms with Crippen molar-refractivity contribution in [2.45, 2.75) is 62.7 Å². The number of aromatic nitrogens is 2. The Bertz CT molecular complexity index is 2210. The summed E-state index contributed by atoms with van der Waals surface area (Å²) in [6.45, 7) is 5.37. The van der Waals surface area contributed by atoms with Gasteiger partial charge in [0.2, 0.25) is 5.88 Å². The average molecular weight is 821 g/mol. The first-order valence-electron chi connectivity index (χ1n) is 20.2. The van der Waals surface area contributed by atoms with E-state index in [0.29, 0.717) is 37.3 Å². The Morgan fingerprint density at radius 2 is 1.95 bits per heavy atom. The Labute approximate surface area is 340 Å². The van der Waals surface area contributed by atoms with Gasteiger partial charge in [-0.2, -0.15) is 0 Å². The quantitative estimate of drug-likeness (QED) is 0.377. The Morgan fingerprint density at radius 1 is 1.11 bits per heavy atom. The molecule has 6 aliphatic rings. The highest BCUT2D eigenvalue weighted by Gasteiger charge is 2.56. The van der Waals surface area contributed by atoms with Crippen LogP contribution in [-0.4, -0.2) is 109 Å². The maximum Gasteiger partial charge on any atom is 0.286 e. The van der Waals surface area contributed by atoms with Crippen molar-refractivity contribution in [3.63, 3.8) is 0 Å². The number of nitrogens with zero attached hydrogens (tertiary/aromatic N) is 5. The van der Waals surface area contributed by atoms with Crippen molar-refractivity contribution < 1.29 is 32.7 Å². The molecule has 57 heavy (non-hydrogen) atoms. The molecular formula is C42H53ClN6O7S. The van der Waals surface area contributed by atoms with Crippen LogP contribution in [0.4, 0.5) is 5.69 Å². The number of aryl methyl sites for hydroxylation is 2. The number of carbonyl (C=O) groups is 2. The van der Waals surface area contributed by atoms with Crippen LogP contribution < -0.4 is 19.1 Å². The normalized spacial score (nSPS) is 34.9. The molecule has 2 aromatic carbocycles. The largest absolute Gasteiger partial charge is 0.490 e. The zero-order valence-electron chi connectivity index (χ0n) is 33.3. The molecule has 5 heterocycles. The highest BCUT2D eigenvalue weighted by molar-refractivity contribution is 7.92. The second kappa shape index (κ2) is 14.8. The number of fused-ring (bicyclic) bond motifs is 4. The van der Waals surface area contributed by atoms with E-state index in [4.69, 9.17) is 30.5 Å². The standard InChI is InChI=1S/C42H53ClN6O7S/c1-24-21-57(52,46-40(51)31-19-48(3)44-41(31)54-5)45-39(50)26-9-13-35-33(16-26)49(22-42(23-56-35)14-6-7-25-15-28(43)10-12-32(25)42)17-27-8-11-29(27)38(53-4)30-18-47(2)34-20-55-37(24)36(30)34/h9-10,12-13,15-16,19,24,27,29-30,34,36-38H,6-8,11,14,17-18,20-23H2,1-5H3,(H,45,46,50,51,52)/t24-,27+,29-,30-,34+,36+,37-,38-,42+,57+/m1/s1. The van der Waals surface area contributed by atoms with E-state index in [1.165, 1.54) is 29.1 Å². The monoisotopic (exact) mass is 820 g/mol. The minimum Gasteiger partial charge on any atom is -0.490 e. The van der Waals surface area contributed by atoms with Crippen molar-refractivity contribution in [2.24, 2.45) is 41.0 Å². The Morgan fingerprint density at radius 3 is 2.72 bits per heavy atom. The third kappa shape index (κ3) is 6.82. The zero-order chi connectivity index (χ0) is 39.8. The zero-order valence-corrected chi connectivity index (χ0v) is 34.9. The van der Waals surface area contributed by atoms with E-state index < -0.39 is 21.7 Å². The van der Waals surface area contributed by atoms with Gasteiger partial charge in [0.05, 0.1) is 44.0 Å². The fourth-order valence-corrected chi connectivity index (χ4v) is 13.3. The Hall–Kier alpha value is -3.69. The van der Waals surface area contributed by atoms with E-state index in [-0.39, 0.29) is 64.2 Å². The van der Waals surface area contributed by atoms with Crippen LogP contribution in [0, 0.1) is 29.6 Å². The minimum absolute atomic E-state index is 0.000540. The molecule has 1 aromatic heterocycles. The first-order chi connectivity index (χ1) is 27.4. The molecular weight excluding hydrogens is 768 g/mol. The van der Waals surface area contributed by atoms with Crippen molar-refractivity contribution in [3.05, 3.63) is 69.9 Å². The number of benzene rings is 2. The molecule has 2 amide bonds. The molecule has 306 valence electrons. The van der Waals surface area contributed by atoms with Gasteiger partial charge in [-0.15, -0.1) is 9.46 Å². The smallest absolute Gasteiger partial charge is 0.286 e. The summed E-state index contributed by atoms with van der Waals surface area (Å²) in [6, 6.07) is 11.8. The molecule has 3 aromatic rings. The highest BCUT2D eigenvalue weighted by Crippen LogP contribution is 2.51. The van der Waals surface area contributed by atoms with Gasteiger partial charge in [-0.25, -0.2) is 4.21 Å². The van der Waals surface area contributed by atoms with E-state index in [0.717, 1.165) is 55.9 Å². The SMILES string of the molecule is COc1nn(C)cc1C(=O)N[S@@]1(=O)=NC(=O)c2ccc3c(c2)N(C[C@@H]2CC[C@H]2[C@@H](OC)[C@@H]2CN(C)[C@H]4CO[C@@H]([C@@H]24)[C@H](C)C1)C[C@@]1(CCCc2cc(Cl)ccc21)CO3. The van der Waals surface area contributed by atoms with Crippen molar-refractivity contribution in [1.82, 2.24) is 19.4 Å². The number of rotatable bonds is 4. The number of ether oxygens (including phenoxy) is 4. The topological polar surface area (TPSA) is 137 Å². The number of nitrogens with one attached hydrogen (secondary N) is 1. The first-order valence-corrected chi connectivity index (χ1v) is 22.3. The molecule has 2 saturated heterocycles. The minimum atomic E-state index is -3.72. The van der Waals surface area contributed by atoms with E-state index in [2.05, 4.69) is 43.2 Å². The van der Waals surface area contributed by atoms with Crippen LogP contribution in [0.2, 0.25) is 5.02 Å². The summed E-state index contributed by atoms with van der Waals surface area (Å²) in [5.41, 5.74) is 3.42. The molecule has 1 N–H and O–H groups in total. The fourth-order valence-electron chi connectivity index (χ4n) is 11.2. The maximum absolute atomic E-state index is 15.2. The van der Waals surface area contributed by atoms with Crippen LogP contribution in [0.15, 0.2) is 47.0 Å². The van der Waals surface area contributed by atoms with Crippen LogP contribution in [0.1, 0.15) is 64.4 Å². The van der Waals surface area contributed by atoms with Gasteiger partial charge < -0.3 is 28.7 Å². The van der Waals surface area contributed by atoms with Crippen LogP contribution in [0.25, 0.3) is 0 Å². The summed E-state index contributed by atoms with van der Waals surface area (Å²) in [5.74, 6) is -0.0252. The third-order valence-corrected chi connectivity index (χ3v) is 16.1. The molecule has 1 saturated carbocycles. The Kier molecular flexibility index (Phi) is 10.1. The second-order valence-corrected chi connectivity index (χ2v) is 19.8. The predicted octanol–water partition coefficient (Wildman–Crippen LogP) is 5.14. The van der Waals surface area contributed by atoms with Gasteiger partial charge >= 0.3 is 0 Å². The van der Waals surface area contributed by atoms with E-state index >= 15 is 4.21 Å². The van der Waals surface area contributed by atoms with E-state index in [1.54, 1.807) is 13.1 Å². The molecule has 0 radical (unpaired) electrons. The lowest BCUT2D eigenvalue weighted by Gasteiger charge is -2.48. The van der Waals surface area contributed by atoms with Crippen molar-refractivity contribution in [3.8, 4) is 11.6 Å². The molecule has 1 spiro atoms. The summed E-state index contributed by atoms with van der Waals surface area (Å²) in [6.07, 6.45) is 6.32. The second-order valence-electron chi connectivity index (χ2n) is 17.4. The lowest BCUT2D eigenvalue weighted by atomic mass is 9.64. The van der Waals surface area contributed by atoms with Gasteiger partial charge in [0, 0.05) is 73.9 Å². The summed E-state index contributed by atoms with van der Waals surface area (Å²) >= 11 is 6.52. The van der Waals surface area contributed by atoms with Crippen LogP contribution in [-0.2, 0) is 38.3 Å². The van der Waals surface area contributed by atoms with Gasteiger partial charge in [-0.3, -0.25) is 19.0 Å². The molecule has 0 unspecified atom stereocenters. The van der Waals surface area contributed by atoms with E-state index in [9.17, 15) is 9.59 Å². The number of likely N-dealkylation sites (N-methyl/N-ethyl adjacent to an activating group) is 1. The maximum atomic E-state index is 15.2. The molecule has 4 aliphatic heterocycles. The molecule has 3 fully saturated rings. The number of anilines is 1. The van der Waals surface area contributed by atoms with E-state index in [1.807, 2.05) is 32.2 Å². The first kappa shape index (κ1) is 38.8. The van der Waals surface area contributed by atoms with Crippen LogP contribution in [0.5, 0.6) is 11.6 Å². The number of amides is 2. The van der Waals surface area contributed by atoms with Gasteiger partial charge in [0.25, 0.3) is 11.8 Å². The number of hydrogen-bond donors (Lipinski definition) is 1. The molecule has 13 nitrogen and oxygen atoms in total. The summed E-state index contributed by atoms with van der Waals surface area (Å²) in [5, 5.41) is 4.94. The summed E-state index contributed by atoms with van der Waals surface area (Å²) in [4.78, 5) is 33.0. The molecule has 2 bridgehead atoms. The lowest BCUT2D eigenvalue weighted by Crippen LogP contribution is -2.52.